The third-order valence-electron chi connectivity index (χ3n) is 13.7. The first-order valence-electron chi connectivity index (χ1n) is 22.7. The normalized spacial score (nSPS) is 14.1. The first kappa shape index (κ1) is 39.1. The van der Waals surface area contributed by atoms with Crippen LogP contribution in [0.3, 0.4) is 0 Å². The van der Waals surface area contributed by atoms with Crippen LogP contribution in [0.1, 0.15) is 84.7 Å². The average molecular weight is 841 g/mol. The number of hydrogen-bond donors (Lipinski definition) is 0. The van der Waals surface area contributed by atoms with Crippen LogP contribution in [0.2, 0.25) is 0 Å². The average Bonchev–Trinajstić information content (AvgIpc) is 3.88. The molecule has 4 nitrogen and oxygen atoms in total. The highest BCUT2D eigenvalue weighted by Gasteiger charge is 2.37. The van der Waals surface area contributed by atoms with Gasteiger partial charge in [-0.15, -0.1) is 0 Å². The molecule has 0 N–H and O–H groups in total. The van der Waals surface area contributed by atoms with E-state index in [1.54, 1.807) is 0 Å². The lowest BCUT2D eigenvalue weighted by atomic mass is 9.70. The number of fused-ring (bicyclic) bond motifs is 2. The molecule has 2 aliphatic heterocycles. The van der Waals surface area contributed by atoms with Crippen LogP contribution in [0.25, 0.3) is 65.4 Å². The summed E-state index contributed by atoms with van der Waals surface area (Å²) in [6.45, 7) is 15.9. The van der Waals surface area contributed by atoms with E-state index in [1.165, 1.54) is 11.1 Å². The number of benzene rings is 9. The van der Waals surface area contributed by atoms with E-state index >= 15 is 0 Å². The van der Waals surface area contributed by atoms with E-state index in [0.29, 0.717) is 0 Å². The summed E-state index contributed by atoms with van der Waals surface area (Å²) in [5.41, 5.74) is 16.2. The number of nitrogens with zero attached hydrogens (tertiary/aromatic N) is 2. The van der Waals surface area contributed by atoms with Crippen LogP contribution in [-0.2, 0) is 10.8 Å². The summed E-state index contributed by atoms with van der Waals surface area (Å²) in [5, 5.41) is 8.51. The molecule has 0 atom stereocenters. The van der Waals surface area contributed by atoms with Crippen LogP contribution >= 0.6 is 0 Å². The summed E-state index contributed by atoms with van der Waals surface area (Å²) >= 11 is 0. The maximum atomic E-state index is 7.50. The number of rotatable bonds is 6. The molecular formula is C61H48N2O2. The largest absolute Gasteiger partial charge is 0.456 e. The highest BCUT2D eigenvalue weighted by Crippen LogP contribution is 2.52. The van der Waals surface area contributed by atoms with Gasteiger partial charge in [-0.1, -0.05) is 155 Å². The van der Waals surface area contributed by atoms with Crippen molar-refractivity contribution in [1.29, 1.82) is 0 Å². The standard InChI is InChI=1S/C61H48N2O2/c1-35-17-14-19-37(33-35)55(62-39-21-10-8-11-22-39)51-43-30-32-48-49-45-29-31-46(54(59(45)64-48)60(3,4)5)61(6,7)47-26-16-25-41-42-27-28-44(53(50(43)49)58(42)65-57(41)47)52(51)56(38-20-15-18-36(2)34-38)63-40-23-12-9-13-24-40/h8-34H,1-7H3/b62-55+,63-56+. The molecule has 0 spiro atoms. The molecule has 0 amide bonds. The Morgan fingerprint density at radius 3 is 1.58 bits per heavy atom. The fraction of sp³-hybridized carbons (Fsp3) is 0.148. The van der Waals surface area contributed by atoms with Crippen molar-refractivity contribution in [3.63, 3.8) is 0 Å². The predicted molar refractivity (Wildman–Crippen MR) is 273 cm³/mol. The molecule has 9 aromatic carbocycles. The van der Waals surface area contributed by atoms with Gasteiger partial charge in [0, 0.05) is 71.1 Å². The van der Waals surface area contributed by atoms with Gasteiger partial charge in [0.1, 0.15) is 22.3 Å². The Kier molecular flexibility index (Phi) is 8.55. The Hall–Kier alpha value is -7.56. The minimum absolute atomic E-state index is 0.244. The quantitative estimate of drug-likeness (QED) is 0.124. The van der Waals surface area contributed by atoms with Crippen LogP contribution in [0.15, 0.2) is 183 Å². The summed E-state index contributed by atoms with van der Waals surface area (Å²) < 4.78 is 14.7. The Bertz CT molecular complexity index is 3840. The van der Waals surface area contributed by atoms with Crippen LogP contribution in [0.4, 0.5) is 11.4 Å². The van der Waals surface area contributed by atoms with E-state index in [-0.39, 0.29) is 5.41 Å². The van der Waals surface area contributed by atoms with Crippen molar-refractivity contribution in [2.45, 2.75) is 59.3 Å². The zero-order valence-corrected chi connectivity index (χ0v) is 37.8. The molecule has 0 saturated carbocycles. The number of aliphatic imine (C=N–C) groups is 2. The monoisotopic (exact) mass is 840 g/mol. The lowest BCUT2D eigenvalue weighted by molar-refractivity contribution is 0.536. The molecule has 0 aliphatic carbocycles. The molecule has 0 radical (unpaired) electrons. The second-order valence-corrected chi connectivity index (χ2v) is 19.4. The Morgan fingerprint density at radius 1 is 0.446 bits per heavy atom. The second kappa shape index (κ2) is 14.2. The third kappa shape index (κ3) is 5.97. The van der Waals surface area contributed by atoms with Crippen LogP contribution in [0.5, 0.6) is 0 Å². The van der Waals surface area contributed by atoms with Gasteiger partial charge >= 0.3 is 0 Å². The molecule has 0 saturated heterocycles. The van der Waals surface area contributed by atoms with Gasteiger partial charge in [-0.05, 0) is 90.2 Å². The van der Waals surface area contributed by atoms with Gasteiger partial charge in [0.25, 0.3) is 0 Å². The summed E-state index contributed by atoms with van der Waals surface area (Å²) in [5.74, 6) is 0. The first-order valence-corrected chi connectivity index (χ1v) is 22.7. The van der Waals surface area contributed by atoms with Gasteiger partial charge in [-0.2, -0.15) is 0 Å². The predicted octanol–water partition coefficient (Wildman–Crippen LogP) is 16.7. The Morgan fingerprint density at radius 2 is 0.985 bits per heavy atom. The summed E-state index contributed by atoms with van der Waals surface area (Å²) in [7, 11) is 0. The second-order valence-electron chi connectivity index (χ2n) is 19.4. The number of furan rings is 2. The fourth-order valence-electron chi connectivity index (χ4n) is 10.8. The van der Waals surface area contributed by atoms with Crippen molar-refractivity contribution in [2.24, 2.45) is 9.98 Å². The maximum Gasteiger partial charge on any atom is 0.143 e. The lowest BCUT2D eigenvalue weighted by Gasteiger charge is -2.33. The van der Waals surface area contributed by atoms with E-state index in [9.17, 15) is 0 Å². The van der Waals surface area contributed by atoms with Gasteiger partial charge < -0.3 is 8.83 Å². The Labute approximate surface area is 378 Å². The molecule has 314 valence electrons. The van der Waals surface area contributed by atoms with Gasteiger partial charge in [0.05, 0.1) is 22.8 Å². The van der Waals surface area contributed by atoms with Crippen molar-refractivity contribution in [3.05, 3.63) is 214 Å². The molecular weight excluding hydrogens is 793 g/mol. The summed E-state index contributed by atoms with van der Waals surface area (Å²) in [6.07, 6.45) is 0. The molecule has 13 rings (SSSR count). The minimum Gasteiger partial charge on any atom is -0.456 e. The van der Waals surface area contributed by atoms with E-state index in [4.69, 9.17) is 18.8 Å². The lowest BCUT2D eigenvalue weighted by Crippen LogP contribution is -2.26. The van der Waals surface area contributed by atoms with E-state index in [2.05, 4.69) is 200 Å². The first-order chi connectivity index (χ1) is 31.5. The summed E-state index contributed by atoms with van der Waals surface area (Å²) in [4.78, 5) is 11.4. The SMILES string of the molecule is Cc1cccc(/C(=N\c2ccccc2)c2c(/C(=N/c3ccccc3)c3cccc(C)c3)c3ccc4oc5c(C(C)(C)C)c6ccc5c4c3c3c2ccc2c4cccc(c4oc23)C6(C)C)c1. The minimum atomic E-state index is -0.425. The molecule has 0 fully saturated rings. The molecule has 11 aromatic rings. The number of para-hydroxylation sites is 3. The van der Waals surface area contributed by atoms with Gasteiger partial charge in [0.2, 0.25) is 0 Å². The molecule has 65 heavy (non-hydrogen) atoms. The van der Waals surface area contributed by atoms with Crippen molar-refractivity contribution in [1.82, 2.24) is 0 Å². The highest BCUT2D eigenvalue weighted by atomic mass is 16.3. The van der Waals surface area contributed by atoms with Gasteiger partial charge in [0.15, 0.2) is 0 Å². The molecule has 2 aliphatic rings. The van der Waals surface area contributed by atoms with Crippen LogP contribution in [-0.4, -0.2) is 11.4 Å². The zero-order valence-electron chi connectivity index (χ0n) is 37.8. The molecule has 4 heteroatoms. The summed E-state index contributed by atoms with van der Waals surface area (Å²) in [6, 6.07) is 58.5. The molecule has 6 bridgehead atoms. The van der Waals surface area contributed by atoms with Gasteiger partial charge in [-0.25, -0.2) is 9.98 Å². The van der Waals surface area contributed by atoms with Gasteiger partial charge in [-0.3, -0.25) is 0 Å². The molecule has 2 aromatic heterocycles. The van der Waals surface area contributed by atoms with Crippen molar-refractivity contribution in [3.8, 4) is 0 Å². The molecule has 4 heterocycles. The van der Waals surface area contributed by atoms with E-state index in [1.807, 2.05) is 12.1 Å². The topological polar surface area (TPSA) is 51.0 Å². The van der Waals surface area contributed by atoms with Crippen molar-refractivity contribution < 1.29 is 8.83 Å². The Balaban J connectivity index is 1.41. The van der Waals surface area contributed by atoms with Crippen molar-refractivity contribution >= 4 is 88.2 Å². The smallest absolute Gasteiger partial charge is 0.143 e. The number of hydrogen-bond acceptors (Lipinski definition) is 4. The maximum absolute atomic E-state index is 7.50. The van der Waals surface area contributed by atoms with E-state index < -0.39 is 5.41 Å². The number of aryl methyl sites for hydroxylation is 2. The zero-order chi connectivity index (χ0) is 44.4. The highest BCUT2D eigenvalue weighted by molar-refractivity contribution is 6.41. The van der Waals surface area contributed by atoms with Crippen molar-refractivity contribution in [2.75, 3.05) is 0 Å². The van der Waals surface area contributed by atoms with Crippen LogP contribution < -0.4 is 0 Å². The third-order valence-corrected chi connectivity index (χ3v) is 13.7. The molecule has 0 unspecified atom stereocenters. The fourth-order valence-corrected chi connectivity index (χ4v) is 10.8. The van der Waals surface area contributed by atoms with Crippen LogP contribution in [0, 0.1) is 13.8 Å². The van der Waals surface area contributed by atoms with E-state index in [0.717, 1.165) is 127 Å².